The van der Waals surface area contributed by atoms with Crippen LogP contribution in [-0.2, 0) is 14.2 Å². The largest absolute Gasteiger partial charge is 0.377 e. The summed E-state index contributed by atoms with van der Waals surface area (Å²) in [4.78, 5) is 0. The molecule has 76 valence electrons. The smallest absolute Gasteiger partial charge is 0.170 e. The number of ether oxygens (including phenoxy) is 3. The van der Waals surface area contributed by atoms with Gasteiger partial charge in [-0.3, -0.25) is 0 Å². The lowest BCUT2D eigenvalue weighted by molar-refractivity contribution is -0.303. The monoisotopic (exact) mass is 187 g/mol. The van der Waals surface area contributed by atoms with Crippen LogP contribution in [0.4, 0.5) is 0 Å². The van der Waals surface area contributed by atoms with Crippen LogP contribution >= 0.6 is 0 Å². The van der Waals surface area contributed by atoms with Crippen molar-refractivity contribution in [1.82, 2.24) is 5.32 Å². The van der Waals surface area contributed by atoms with Crippen molar-refractivity contribution < 1.29 is 14.2 Å². The maximum Gasteiger partial charge on any atom is 0.170 e. The highest BCUT2D eigenvalue weighted by Gasteiger charge is 2.38. The molecule has 2 aliphatic rings. The third-order valence-corrected chi connectivity index (χ3v) is 2.76. The minimum absolute atomic E-state index is 0.112. The zero-order chi connectivity index (χ0) is 9.15. The Bertz CT molecular complexity index is 158. The Hall–Kier alpha value is -0.160. The number of hydrogen-bond donors (Lipinski definition) is 1. The molecule has 4 nitrogen and oxygen atoms in total. The van der Waals surface area contributed by atoms with Gasteiger partial charge in [-0.1, -0.05) is 0 Å². The van der Waals surface area contributed by atoms with E-state index >= 15 is 0 Å². The average molecular weight is 187 g/mol. The Morgan fingerprint density at radius 2 is 1.85 bits per heavy atom. The van der Waals surface area contributed by atoms with E-state index in [2.05, 4.69) is 5.32 Å². The van der Waals surface area contributed by atoms with Crippen LogP contribution < -0.4 is 5.32 Å². The molecule has 0 unspecified atom stereocenters. The lowest BCUT2D eigenvalue weighted by atomic mass is 10.0. The van der Waals surface area contributed by atoms with Gasteiger partial charge in [0.05, 0.1) is 13.2 Å². The number of nitrogens with one attached hydrogen (secondary N) is 1. The van der Waals surface area contributed by atoms with E-state index in [-0.39, 0.29) is 11.9 Å². The third-order valence-electron chi connectivity index (χ3n) is 2.76. The second kappa shape index (κ2) is 3.92. The third kappa shape index (κ3) is 2.02. The van der Waals surface area contributed by atoms with E-state index in [9.17, 15) is 0 Å². The lowest BCUT2D eigenvalue weighted by Gasteiger charge is -2.42. The molecule has 2 rings (SSSR count). The molecule has 0 aromatic carbocycles. The molecule has 2 fully saturated rings. The summed E-state index contributed by atoms with van der Waals surface area (Å²) in [5, 5.41) is 3.29. The van der Waals surface area contributed by atoms with Crippen LogP contribution in [0.1, 0.15) is 12.8 Å². The van der Waals surface area contributed by atoms with E-state index in [0.717, 1.165) is 25.9 Å². The molecule has 0 aromatic rings. The van der Waals surface area contributed by atoms with Crippen molar-refractivity contribution in [3.8, 4) is 0 Å². The van der Waals surface area contributed by atoms with Crippen LogP contribution in [0.25, 0.3) is 0 Å². The molecule has 0 bridgehead atoms. The number of methoxy groups -OCH3 is 1. The highest BCUT2D eigenvalue weighted by molar-refractivity contribution is 4.81. The number of piperidine rings is 1. The zero-order valence-corrected chi connectivity index (χ0v) is 8.04. The van der Waals surface area contributed by atoms with Gasteiger partial charge in [0.1, 0.15) is 6.10 Å². The molecular formula is C9H17NO3. The van der Waals surface area contributed by atoms with E-state index in [0.29, 0.717) is 13.2 Å². The van der Waals surface area contributed by atoms with Gasteiger partial charge in [-0.2, -0.15) is 0 Å². The molecule has 2 saturated heterocycles. The van der Waals surface area contributed by atoms with Gasteiger partial charge >= 0.3 is 0 Å². The highest BCUT2D eigenvalue weighted by Crippen LogP contribution is 2.28. The molecule has 13 heavy (non-hydrogen) atoms. The number of hydrogen-bond acceptors (Lipinski definition) is 4. The normalized spacial score (nSPS) is 29.3. The fourth-order valence-electron chi connectivity index (χ4n) is 1.81. The predicted molar refractivity (Wildman–Crippen MR) is 47.5 cm³/mol. The Morgan fingerprint density at radius 3 is 2.38 bits per heavy atom. The first-order chi connectivity index (χ1) is 6.35. The van der Waals surface area contributed by atoms with Crippen molar-refractivity contribution in [3.63, 3.8) is 0 Å². The van der Waals surface area contributed by atoms with Crippen molar-refractivity contribution in [2.75, 3.05) is 33.4 Å². The topological polar surface area (TPSA) is 39.7 Å². The van der Waals surface area contributed by atoms with E-state index in [1.165, 1.54) is 0 Å². The molecule has 4 heteroatoms. The van der Waals surface area contributed by atoms with Crippen molar-refractivity contribution in [3.05, 3.63) is 0 Å². The van der Waals surface area contributed by atoms with Gasteiger partial charge in [0.25, 0.3) is 0 Å². The average Bonchev–Trinajstić information content (AvgIpc) is 2.20. The van der Waals surface area contributed by atoms with Gasteiger partial charge in [0, 0.05) is 33.0 Å². The lowest BCUT2D eigenvalue weighted by Crippen LogP contribution is -2.52. The molecule has 0 aromatic heterocycles. The minimum Gasteiger partial charge on any atom is -0.377 e. The SMILES string of the molecule is COC1COC2(CCNCC2)OC1. The van der Waals surface area contributed by atoms with Gasteiger partial charge in [-0.25, -0.2) is 0 Å². The van der Waals surface area contributed by atoms with Gasteiger partial charge in [0.15, 0.2) is 5.79 Å². The summed E-state index contributed by atoms with van der Waals surface area (Å²) in [7, 11) is 1.69. The molecular weight excluding hydrogens is 170 g/mol. The summed E-state index contributed by atoms with van der Waals surface area (Å²) in [6.45, 7) is 3.29. The van der Waals surface area contributed by atoms with Crippen molar-refractivity contribution in [1.29, 1.82) is 0 Å². The summed E-state index contributed by atoms with van der Waals surface area (Å²) < 4.78 is 16.6. The molecule has 1 N–H and O–H groups in total. The van der Waals surface area contributed by atoms with Crippen molar-refractivity contribution >= 4 is 0 Å². The highest BCUT2D eigenvalue weighted by atomic mass is 16.7. The summed E-state index contributed by atoms with van der Waals surface area (Å²) in [6.07, 6.45) is 2.01. The van der Waals surface area contributed by atoms with Gasteiger partial charge in [-0.15, -0.1) is 0 Å². The molecule has 1 spiro atoms. The molecule has 0 atom stereocenters. The number of rotatable bonds is 1. The fraction of sp³-hybridized carbons (Fsp3) is 1.00. The minimum atomic E-state index is -0.305. The summed E-state index contributed by atoms with van der Waals surface area (Å²) in [6, 6.07) is 0. The van der Waals surface area contributed by atoms with Gasteiger partial charge < -0.3 is 19.5 Å². The van der Waals surface area contributed by atoms with E-state index in [1.807, 2.05) is 0 Å². The summed E-state index contributed by atoms with van der Waals surface area (Å²) in [5.41, 5.74) is 0. The predicted octanol–water partition coefficient (Wildman–Crippen LogP) is 0.128. The molecule has 0 aliphatic carbocycles. The first kappa shape index (κ1) is 9.40. The molecule has 0 amide bonds. The second-order valence-electron chi connectivity index (χ2n) is 3.64. The molecule has 0 saturated carbocycles. The molecule has 2 heterocycles. The van der Waals surface area contributed by atoms with E-state index in [4.69, 9.17) is 14.2 Å². The van der Waals surface area contributed by atoms with E-state index < -0.39 is 0 Å². The maximum absolute atomic E-state index is 5.72. The van der Waals surface area contributed by atoms with Crippen LogP contribution in [0.3, 0.4) is 0 Å². The zero-order valence-electron chi connectivity index (χ0n) is 8.04. The van der Waals surface area contributed by atoms with Crippen LogP contribution in [0.5, 0.6) is 0 Å². The fourth-order valence-corrected chi connectivity index (χ4v) is 1.81. The molecule has 0 radical (unpaired) electrons. The van der Waals surface area contributed by atoms with Crippen molar-refractivity contribution in [2.45, 2.75) is 24.7 Å². The van der Waals surface area contributed by atoms with Crippen LogP contribution in [0.15, 0.2) is 0 Å². The Morgan fingerprint density at radius 1 is 1.23 bits per heavy atom. The van der Waals surface area contributed by atoms with Crippen LogP contribution in [-0.4, -0.2) is 45.3 Å². The Balaban J connectivity index is 1.87. The standard InChI is InChI=1S/C9H17NO3/c1-11-8-6-12-9(13-7-8)2-4-10-5-3-9/h8,10H,2-7H2,1H3. The maximum atomic E-state index is 5.72. The first-order valence-corrected chi connectivity index (χ1v) is 4.86. The quantitative estimate of drug-likeness (QED) is 0.633. The van der Waals surface area contributed by atoms with Crippen molar-refractivity contribution in [2.24, 2.45) is 0 Å². The molecule has 2 aliphatic heterocycles. The Kier molecular flexibility index (Phi) is 2.83. The van der Waals surface area contributed by atoms with Gasteiger partial charge in [-0.05, 0) is 0 Å². The summed E-state index contributed by atoms with van der Waals surface area (Å²) in [5.74, 6) is -0.305. The Labute approximate surface area is 78.5 Å². The first-order valence-electron chi connectivity index (χ1n) is 4.86. The van der Waals surface area contributed by atoms with Gasteiger partial charge in [0.2, 0.25) is 0 Å². The van der Waals surface area contributed by atoms with Crippen LogP contribution in [0, 0.1) is 0 Å². The second-order valence-corrected chi connectivity index (χ2v) is 3.64. The summed E-state index contributed by atoms with van der Waals surface area (Å²) >= 11 is 0. The van der Waals surface area contributed by atoms with E-state index in [1.54, 1.807) is 7.11 Å². The van der Waals surface area contributed by atoms with Crippen LogP contribution in [0.2, 0.25) is 0 Å².